The fourth-order valence-corrected chi connectivity index (χ4v) is 3.61. The maximum atomic E-state index is 10.1. The molecule has 1 aliphatic carbocycles. The second-order valence-electron chi connectivity index (χ2n) is 6.73. The highest BCUT2D eigenvalue weighted by Gasteiger charge is 2.34. The Labute approximate surface area is 129 Å². The van der Waals surface area contributed by atoms with Crippen LogP contribution in [0, 0.1) is 0 Å². The predicted molar refractivity (Wildman–Crippen MR) is 84.5 cm³/mol. The van der Waals surface area contributed by atoms with Crippen LogP contribution in [-0.2, 0) is 9.47 Å². The molecule has 21 heavy (non-hydrogen) atoms. The van der Waals surface area contributed by atoms with Crippen LogP contribution in [-0.4, -0.2) is 48.7 Å². The molecule has 0 radical (unpaired) electrons. The van der Waals surface area contributed by atoms with Crippen LogP contribution >= 0.6 is 0 Å². The molecule has 0 spiro atoms. The van der Waals surface area contributed by atoms with Crippen LogP contribution in [0.15, 0.2) is 0 Å². The normalized spacial score (nSPS) is 27.9. The lowest BCUT2D eigenvalue weighted by Crippen LogP contribution is -2.48. The third-order valence-corrected chi connectivity index (χ3v) is 5.25. The fourth-order valence-electron chi connectivity index (χ4n) is 3.61. The largest absolute Gasteiger partial charge is 0.389 e. The summed E-state index contributed by atoms with van der Waals surface area (Å²) in [5.41, 5.74) is 0.0429. The summed E-state index contributed by atoms with van der Waals surface area (Å²) in [4.78, 5) is 0. The van der Waals surface area contributed by atoms with Gasteiger partial charge in [0, 0.05) is 19.2 Å². The molecule has 2 unspecified atom stereocenters. The first-order valence-corrected chi connectivity index (χ1v) is 8.84. The molecule has 2 N–H and O–H groups in total. The van der Waals surface area contributed by atoms with Crippen molar-refractivity contribution in [2.45, 2.75) is 89.1 Å². The second-order valence-corrected chi connectivity index (χ2v) is 6.73. The van der Waals surface area contributed by atoms with E-state index in [1.54, 1.807) is 0 Å². The molecule has 1 heterocycles. The molecule has 0 amide bonds. The number of nitrogens with one attached hydrogen (secondary N) is 1. The first-order chi connectivity index (χ1) is 10.2. The highest BCUT2D eigenvalue weighted by Crippen LogP contribution is 2.31. The van der Waals surface area contributed by atoms with E-state index < -0.39 is 6.10 Å². The molecule has 0 aromatic rings. The van der Waals surface area contributed by atoms with Crippen LogP contribution in [0.1, 0.15) is 65.2 Å². The van der Waals surface area contributed by atoms with E-state index in [0.717, 1.165) is 45.1 Å². The lowest BCUT2D eigenvalue weighted by Gasteiger charge is -2.40. The molecule has 0 aromatic heterocycles. The first kappa shape index (κ1) is 17.2. The molecular weight excluding hydrogens is 266 g/mol. The quantitative estimate of drug-likeness (QED) is 0.723. The topological polar surface area (TPSA) is 50.7 Å². The van der Waals surface area contributed by atoms with Crippen molar-refractivity contribution in [3.8, 4) is 0 Å². The molecule has 2 rings (SSSR count). The van der Waals surface area contributed by atoms with Crippen molar-refractivity contribution in [1.29, 1.82) is 0 Å². The highest BCUT2D eigenvalue weighted by atomic mass is 16.5. The van der Waals surface area contributed by atoms with E-state index in [1.807, 2.05) is 0 Å². The number of aliphatic hydroxyl groups excluding tert-OH is 1. The van der Waals surface area contributed by atoms with Gasteiger partial charge in [-0.05, 0) is 38.5 Å². The standard InChI is InChI=1S/C17H33NO3/c1-3-17(4-2)11-14(9-10-21-17)18-12-15(19)13-20-16-7-5-6-8-16/h14-16,18-19H,3-13H2,1-2H3. The molecule has 2 fully saturated rings. The second kappa shape index (κ2) is 8.47. The molecule has 1 saturated carbocycles. The Morgan fingerprint density at radius 1 is 1.24 bits per heavy atom. The zero-order chi connectivity index (χ0) is 15.1. The molecule has 0 aromatic carbocycles. The van der Waals surface area contributed by atoms with Crippen LogP contribution in [0.4, 0.5) is 0 Å². The van der Waals surface area contributed by atoms with Gasteiger partial charge in [0.25, 0.3) is 0 Å². The summed E-state index contributed by atoms with van der Waals surface area (Å²) in [5, 5.41) is 13.6. The van der Waals surface area contributed by atoms with E-state index >= 15 is 0 Å². The minimum Gasteiger partial charge on any atom is -0.389 e. The van der Waals surface area contributed by atoms with Crippen molar-refractivity contribution >= 4 is 0 Å². The lowest BCUT2D eigenvalue weighted by atomic mass is 9.86. The number of aliphatic hydroxyl groups is 1. The van der Waals surface area contributed by atoms with E-state index in [9.17, 15) is 5.11 Å². The predicted octanol–water partition coefficient (Wildman–Crippen LogP) is 2.63. The molecule has 4 heteroatoms. The van der Waals surface area contributed by atoms with E-state index in [1.165, 1.54) is 12.8 Å². The van der Waals surface area contributed by atoms with Gasteiger partial charge in [0.2, 0.25) is 0 Å². The summed E-state index contributed by atoms with van der Waals surface area (Å²) < 4.78 is 11.8. The SMILES string of the molecule is CCC1(CC)CC(NCC(O)COC2CCCC2)CCO1. The Bertz CT molecular complexity index is 288. The van der Waals surface area contributed by atoms with Gasteiger partial charge in [-0.2, -0.15) is 0 Å². The summed E-state index contributed by atoms with van der Waals surface area (Å²) >= 11 is 0. The van der Waals surface area contributed by atoms with Crippen molar-refractivity contribution in [2.24, 2.45) is 0 Å². The van der Waals surface area contributed by atoms with Gasteiger partial charge in [-0.15, -0.1) is 0 Å². The van der Waals surface area contributed by atoms with E-state index in [4.69, 9.17) is 9.47 Å². The van der Waals surface area contributed by atoms with Crippen molar-refractivity contribution in [3.05, 3.63) is 0 Å². The third-order valence-electron chi connectivity index (χ3n) is 5.25. The zero-order valence-corrected chi connectivity index (χ0v) is 13.8. The van der Waals surface area contributed by atoms with Crippen molar-refractivity contribution in [3.63, 3.8) is 0 Å². The molecule has 4 nitrogen and oxygen atoms in total. The van der Waals surface area contributed by atoms with Gasteiger partial charge < -0.3 is 19.9 Å². The maximum Gasteiger partial charge on any atom is 0.0897 e. The Morgan fingerprint density at radius 3 is 2.62 bits per heavy atom. The van der Waals surface area contributed by atoms with Crippen molar-refractivity contribution < 1.29 is 14.6 Å². The average molecular weight is 299 g/mol. The van der Waals surface area contributed by atoms with E-state index in [2.05, 4.69) is 19.2 Å². The molecule has 1 saturated heterocycles. The Kier molecular flexibility index (Phi) is 6.93. The summed E-state index contributed by atoms with van der Waals surface area (Å²) in [6.45, 7) is 6.33. The molecule has 124 valence electrons. The van der Waals surface area contributed by atoms with Crippen molar-refractivity contribution in [1.82, 2.24) is 5.32 Å². The van der Waals surface area contributed by atoms with Crippen LogP contribution in [0.5, 0.6) is 0 Å². The number of hydrogen-bond donors (Lipinski definition) is 2. The van der Waals surface area contributed by atoms with Gasteiger partial charge in [-0.3, -0.25) is 0 Å². The lowest BCUT2D eigenvalue weighted by molar-refractivity contribution is -0.0944. The van der Waals surface area contributed by atoms with E-state index in [0.29, 0.717) is 25.3 Å². The maximum absolute atomic E-state index is 10.1. The third kappa shape index (κ3) is 5.20. The van der Waals surface area contributed by atoms with Gasteiger partial charge in [-0.25, -0.2) is 0 Å². The van der Waals surface area contributed by atoms with Gasteiger partial charge >= 0.3 is 0 Å². The highest BCUT2D eigenvalue weighted by molar-refractivity contribution is 4.88. The Morgan fingerprint density at radius 2 is 1.95 bits per heavy atom. The van der Waals surface area contributed by atoms with Crippen LogP contribution in [0.2, 0.25) is 0 Å². The smallest absolute Gasteiger partial charge is 0.0897 e. The Balaban J connectivity index is 1.64. The molecule has 0 bridgehead atoms. The molecule has 2 aliphatic rings. The van der Waals surface area contributed by atoms with Gasteiger partial charge in [0.15, 0.2) is 0 Å². The van der Waals surface area contributed by atoms with Crippen LogP contribution in [0.25, 0.3) is 0 Å². The number of hydrogen-bond acceptors (Lipinski definition) is 4. The number of ether oxygens (including phenoxy) is 2. The molecular formula is C17H33NO3. The minimum atomic E-state index is -0.397. The summed E-state index contributed by atoms with van der Waals surface area (Å²) in [6.07, 6.45) is 9.08. The van der Waals surface area contributed by atoms with Gasteiger partial charge in [0.05, 0.1) is 24.4 Å². The van der Waals surface area contributed by atoms with Crippen LogP contribution < -0.4 is 5.32 Å². The van der Waals surface area contributed by atoms with E-state index in [-0.39, 0.29) is 5.60 Å². The molecule has 1 aliphatic heterocycles. The number of rotatable bonds is 8. The monoisotopic (exact) mass is 299 g/mol. The summed E-state index contributed by atoms with van der Waals surface area (Å²) in [7, 11) is 0. The fraction of sp³-hybridized carbons (Fsp3) is 1.00. The first-order valence-electron chi connectivity index (χ1n) is 8.84. The zero-order valence-electron chi connectivity index (χ0n) is 13.8. The average Bonchev–Trinajstić information content (AvgIpc) is 3.04. The Hall–Kier alpha value is -0.160. The van der Waals surface area contributed by atoms with Gasteiger partial charge in [0.1, 0.15) is 0 Å². The van der Waals surface area contributed by atoms with Crippen molar-refractivity contribution in [2.75, 3.05) is 19.8 Å². The summed E-state index contributed by atoms with van der Waals surface area (Å²) in [6, 6.07) is 0.458. The molecule has 2 atom stereocenters. The minimum absolute atomic E-state index is 0.0429. The van der Waals surface area contributed by atoms with Gasteiger partial charge in [-0.1, -0.05) is 26.7 Å². The van der Waals surface area contributed by atoms with Crippen LogP contribution in [0.3, 0.4) is 0 Å². The summed E-state index contributed by atoms with van der Waals surface area (Å²) in [5.74, 6) is 0.